The summed E-state index contributed by atoms with van der Waals surface area (Å²) >= 11 is 0. The smallest absolute Gasteiger partial charge is 0.341 e. The highest BCUT2D eigenvalue weighted by Crippen LogP contribution is 2.17. The summed E-state index contributed by atoms with van der Waals surface area (Å²) in [5.41, 5.74) is 3.13. The fourth-order valence-corrected chi connectivity index (χ4v) is 2.02. The molecule has 0 bridgehead atoms. The topological polar surface area (TPSA) is 131 Å². The second-order valence-corrected chi connectivity index (χ2v) is 5.11. The zero-order valence-electron chi connectivity index (χ0n) is 13.5. The molecule has 2 N–H and O–H groups in total. The van der Waals surface area contributed by atoms with Crippen LogP contribution in [0.15, 0.2) is 53.6 Å². The van der Waals surface area contributed by atoms with Crippen molar-refractivity contribution in [3.8, 4) is 5.75 Å². The number of aliphatic carboxylic acids is 1. The van der Waals surface area contributed by atoms with Gasteiger partial charge in [-0.25, -0.2) is 10.2 Å². The minimum absolute atomic E-state index is 0.122. The zero-order valence-corrected chi connectivity index (χ0v) is 13.5. The molecule has 9 nitrogen and oxygen atoms in total. The molecular formula is C17H15N3O6. The Morgan fingerprint density at radius 3 is 2.54 bits per heavy atom. The fourth-order valence-electron chi connectivity index (χ4n) is 2.02. The van der Waals surface area contributed by atoms with Crippen molar-refractivity contribution in [1.29, 1.82) is 0 Å². The number of para-hydroxylation sites is 1. The van der Waals surface area contributed by atoms with Gasteiger partial charge in [0.05, 0.1) is 17.6 Å². The third kappa shape index (κ3) is 5.71. The average molecular weight is 357 g/mol. The number of hydrogen-bond acceptors (Lipinski definition) is 6. The Hall–Kier alpha value is -3.75. The zero-order chi connectivity index (χ0) is 18.9. The minimum atomic E-state index is -1.07. The van der Waals surface area contributed by atoms with Crippen LogP contribution in [0.3, 0.4) is 0 Å². The van der Waals surface area contributed by atoms with E-state index in [0.29, 0.717) is 16.9 Å². The molecule has 2 aromatic rings. The van der Waals surface area contributed by atoms with Gasteiger partial charge in [0.25, 0.3) is 5.69 Å². The van der Waals surface area contributed by atoms with Crippen LogP contribution in [0.1, 0.15) is 11.1 Å². The second-order valence-electron chi connectivity index (χ2n) is 5.11. The quantitative estimate of drug-likeness (QED) is 0.420. The van der Waals surface area contributed by atoms with E-state index in [1.165, 1.54) is 24.4 Å². The molecular weight excluding hydrogens is 342 g/mol. The van der Waals surface area contributed by atoms with Gasteiger partial charge < -0.3 is 9.84 Å². The molecule has 0 fully saturated rings. The van der Waals surface area contributed by atoms with Gasteiger partial charge in [-0.05, 0) is 29.8 Å². The van der Waals surface area contributed by atoms with Crippen LogP contribution in [0.5, 0.6) is 5.75 Å². The number of nitro benzene ring substituents is 1. The van der Waals surface area contributed by atoms with Gasteiger partial charge in [-0.15, -0.1) is 0 Å². The molecule has 0 saturated carbocycles. The van der Waals surface area contributed by atoms with Crippen molar-refractivity contribution in [2.75, 3.05) is 6.61 Å². The summed E-state index contributed by atoms with van der Waals surface area (Å²) in [6, 6.07) is 12.4. The average Bonchev–Trinajstić information content (AvgIpc) is 2.61. The third-order valence-corrected chi connectivity index (χ3v) is 3.18. The van der Waals surface area contributed by atoms with Crippen LogP contribution in [-0.2, 0) is 16.0 Å². The van der Waals surface area contributed by atoms with E-state index in [9.17, 15) is 19.7 Å². The number of rotatable bonds is 8. The molecule has 1 amide bonds. The standard InChI is InChI=1S/C17H15N3O6/c21-16(9-13-3-1-2-4-15(13)20(24)25)19-18-10-12-5-7-14(8-6-12)26-11-17(22)23/h1-8,10H,9,11H2,(H,19,21)(H,22,23)/b18-10+. The molecule has 2 aromatic carbocycles. The number of carbonyl (C=O) groups is 2. The van der Waals surface area contributed by atoms with Gasteiger partial charge in [0.1, 0.15) is 5.75 Å². The maximum atomic E-state index is 11.9. The van der Waals surface area contributed by atoms with Crippen molar-refractivity contribution in [2.45, 2.75) is 6.42 Å². The SMILES string of the molecule is O=C(O)COc1ccc(/C=N/NC(=O)Cc2ccccc2[N+](=O)[O-])cc1. The summed E-state index contributed by atoms with van der Waals surface area (Å²) in [7, 11) is 0. The first-order valence-corrected chi connectivity index (χ1v) is 7.44. The van der Waals surface area contributed by atoms with Crippen molar-refractivity contribution < 1.29 is 24.4 Å². The van der Waals surface area contributed by atoms with E-state index in [-0.39, 0.29) is 12.1 Å². The highest BCUT2D eigenvalue weighted by atomic mass is 16.6. The highest BCUT2D eigenvalue weighted by Gasteiger charge is 2.14. The summed E-state index contributed by atoms with van der Waals surface area (Å²) in [6.07, 6.45) is 1.22. The molecule has 134 valence electrons. The van der Waals surface area contributed by atoms with Gasteiger partial charge in [0.15, 0.2) is 6.61 Å². The lowest BCUT2D eigenvalue weighted by molar-refractivity contribution is -0.385. The Morgan fingerprint density at radius 2 is 1.88 bits per heavy atom. The van der Waals surface area contributed by atoms with E-state index in [0.717, 1.165) is 0 Å². The molecule has 0 spiro atoms. The van der Waals surface area contributed by atoms with E-state index in [2.05, 4.69) is 10.5 Å². The third-order valence-electron chi connectivity index (χ3n) is 3.18. The van der Waals surface area contributed by atoms with Gasteiger partial charge in [-0.2, -0.15) is 5.10 Å². The molecule has 2 rings (SSSR count). The number of ether oxygens (including phenoxy) is 1. The van der Waals surface area contributed by atoms with Crippen molar-refractivity contribution in [3.05, 3.63) is 69.8 Å². The molecule has 0 aliphatic heterocycles. The fraction of sp³-hybridized carbons (Fsp3) is 0.118. The van der Waals surface area contributed by atoms with Crippen LogP contribution in [0, 0.1) is 10.1 Å². The lowest BCUT2D eigenvalue weighted by Gasteiger charge is -2.03. The molecule has 0 aliphatic rings. The largest absolute Gasteiger partial charge is 0.482 e. The number of hydrogen-bond donors (Lipinski definition) is 2. The Kier molecular flexibility index (Phi) is 6.38. The van der Waals surface area contributed by atoms with E-state index < -0.39 is 23.4 Å². The summed E-state index contributed by atoms with van der Waals surface area (Å²) in [4.78, 5) is 32.6. The molecule has 0 heterocycles. The molecule has 9 heteroatoms. The van der Waals surface area contributed by atoms with Crippen molar-refractivity contribution in [2.24, 2.45) is 5.10 Å². The van der Waals surface area contributed by atoms with Crippen molar-refractivity contribution in [3.63, 3.8) is 0 Å². The predicted molar refractivity (Wildman–Crippen MR) is 92.1 cm³/mol. The highest BCUT2D eigenvalue weighted by molar-refractivity contribution is 5.83. The number of carbonyl (C=O) groups excluding carboxylic acids is 1. The molecule has 26 heavy (non-hydrogen) atoms. The van der Waals surface area contributed by atoms with Gasteiger partial charge in [0, 0.05) is 11.6 Å². The molecule has 0 radical (unpaired) electrons. The van der Waals surface area contributed by atoms with E-state index in [1.807, 2.05) is 0 Å². The number of carboxylic acid groups (broad SMARTS) is 1. The maximum Gasteiger partial charge on any atom is 0.341 e. The number of benzene rings is 2. The van der Waals surface area contributed by atoms with Crippen LogP contribution in [0.25, 0.3) is 0 Å². The monoisotopic (exact) mass is 357 g/mol. The summed E-state index contributed by atoms with van der Waals surface area (Å²) in [6.45, 7) is -0.435. The number of nitrogens with one attached hydrogen (secondary N) is 1. The van der Waals surface area contributed by atoms with Crippen LogP contribution in [0.4, 0.5) is 5.69 Å². The van der Waals surface area contributed by atoms with Crippen LogP contribution in [-0.4, -0.2) is 34.7 Å². The normalized spacial score (nSPS) is 10.5. The Bertz CT molecular complexity index is 833. The van der Waals surface area contributed by atoms with Gasteiger partial charge >= 0.3 is 5.97 Å². The minimum Gasteiger partial charge on any atom is -0.482 e. The Labute approximate surface area is 148 Å². The second kappa shape index (κ2) is 8.92. The van der Waals surface area contributed by atoms with Crippen LogP contribution < -0.4 is 10.2 Å². The van der Waals surface area contributed by atoms with E-state index in [1.54, 1.807) is 30.3 Å². The molecule has 0 unspecified atom stereocenters. The number of amides is 1. The molecule has 0 atom stereocenters. The molecule has 0 aromatic heterocycles. The van der Waals surface area contributed by atoms with Gasteiger partial charge in [-0.1, -0.05) is 18.2 Å². The first-order valence-electron chi connectivity index (χ1n) is 7.44. The van der Waals surface area contributed by atoms with Gasteiger partial charge in [-0.3, -0.25) is 14.9 Å². The van der Waals surface area contributed by atoms with Gasteiger partial charge in [0.2, 0.25) is 5.91 Å². The van der Waals surface area contributed by atoms with E-state index in [4.69, 9.17) is 9.84 Å². The van der Waals surface area contributed by atoms with Crippen molar-refractivity contribution in [1.82, 2.24) is 5.43 Å². The maximum absolute atomic E-state index is 11.9. The summed E-state index contributed by atoms with van der Waals surface area (Å²) in [5, 5.41) is 23.2. The number of hydrazone groups is 1. The molecule has 0 saturated heterocycles. The summed E-state index contributed by atoms with van der Waals surface area (Å²) < 4.78 is 4.99. The predicted octanol–water partition coefficient (Wildman–Crippen LogP) is 1.75. The van der Waals surface area contributed by atoms with Crippen LogP contribution >= 0.6 is 0 Å². The summed E-state index contributed by atoms with van der Waals surface area (Å²) in [5.74, 6) is -1.17. The number of nitrogens with zero attached hydrogens (tertiary/aromatic N) is 2. The molecule has 0 aliphatic carbocycles. The number of nitro groups is 1. The first kappa shape index (κ1) is 18.6. The first-order chi connectivity index (χ1) is 12.5. The Morgan fingerprint density at radius 1 is 1.19 bits per heavy atom. The van der Waals surface area contributed by atoms with E-state index >= 15 is 0 Å². The number of carboxylic acids is 1. The lowest BCUT2D eigenvalue weighted by atomic mass is 10.1. The van der Waals surface area contributed by atoms with Crippen LogP contribution in [0.2, 0.25) is 0 Å². The van der Waals surface area contributed by atoms with Crippen molar-refractivity contribution >= 4 is 23.8 Å². The Balaban J connectivity index is 1.89. The lowest BCUT2D eigenvalue weighted by Crippen LogP contribution is -2.20.